The lowest BCUT2D eigenvalue weighted by atomic mass is 10.1. The van der Waals surface area contributed by atoms with E-state index in [2.05, 4.69) is 11.8 Å². The van der Waals surface area contributed by atoms with E-state index in [1.807, 2.05) is 18.9 Å². The van der Waals surface area contributed by atoms with Crippen LogP contribution in [0.25, 0.3) is 0 Å². The molecule has 0 aromatic rings. The summed E-state index contributed by atoms with van der Waals surface area (Å²) in [6.45, 7) is 7.61. The summed E-state index contributed by atoms with van der Waals surface area (Å²) in [4.78, 5) is 16.0. The molecule has 1 amide bonds. The van der Waals surface area contributed by atoms with Gasteiger partial charge in [0.05, 0.1) is 6.04 Å². The van der Waals surface area contributed by atoms with E-state index in [4.69, 9.17) is 5.73 Å². The van der Waals surface area contributed by atoms with Gasteiger partial charge in [-0.05, 0) is 25.8 Å². The summed E-state index contributed by atoms with van der Waals surface area (Å²) in [5, 5.41) is 0. The smallest absolute Gasteiger partial charge is 0.239 e. The Morgan fingerprint density at radius 3 is 2.80 bits per heavy atom. The molecule has 15 heavy (non-hydrogen) atoms. The third kappa shape index (κ3) is 3.18. The lowest BCUT2D eigenvalue weighted by Gasteiger charge is -2.28. The van der Waals surface area contributed by atoms with Crippen LogP contribution < -0.4 is 5.73 Å². The third-order valence-corrected chi connectivity index (χ3v) is 3.17. The summed E-state index contributed by atoms with van der Waals surface area (Å²) >= 11 is 0. The predicted molar refractivity (Wildman–Crippen MR) is 61.5 cm³/mol. The lowest BCUT2D eigenvalue weighted by molar-refractivity contribution is -0.133. The fourth-order valence-electron chi connectivity index (χ4n) is 2.01. The number of hydrogen-bond acceptors (Lipinski definition) is 3. The highest BCUT2D eigenvalue weighted by atomic mass is 16.2. The number of nitrogens with zero attached hydrogens (tertiary/aromatic N) is 2. The highest BCUT2D eigenvalue weighted by molar-refractivity contribution is 5.81. The van der Waals surface area contributed by atoms with Crippen LogP contribution in [0.3, 0.4) is 0 Å². The Balaban J connectivity index is 2.60. The zero-order valence-corrected chi connectivity index (χ0v) is 10.1. The Morgan fingerprint density at radius 1 is 1.53 bits per heavy atom. The van der Waals surface area contributed by atoms with Crippen LogP contribution in [0, 0.1) is 5.92 Å². The molecule has 1 heterocycles. The van der Waals surface area contributed by atoms with Crippen molar-refractivity contribution >= 4 is 5.91 Å². The van der Waals surface area contributed by atoms with E-state index in [1.54, 1.807) is 0 Å². The first kappa shape index (κ1) is 12.5. The minimum atomic E-state index is 0.00602. The van der Waals surface area contributed by atoms with Gasteiger partial charge in [0.25, 0.3) is 0 Å². The number of hydrogen-bond donors (Lipinski definition) is 1. The second kappa shape index (κ2) is 5.47. The molecule has 1 fully saturated rings. The van der Waals surface area contributed by atoms with E-state index >= 15 is 0 Å². The van der Waals surface area contributed by atoms with Crippen LogP contribution in [-0.2, 0) is 4.79 Å². The van der Waals surface area contributed by atoms with Gasteiger partial charge in [-0.3, -0.25) is 9.69 Å². The molecule has 2 unspecified atom stereocenters. The van der Waals surface area contributed by atoms with Crippen molar-refractivity contribution in [3.8, 4) is 0 Å². The van der Waals surface area contributed by atoms with E-state index in [1.165, 1.54) is 0 Å². The van der Waals surface area contributed by atoms with Crippen LogP contribution in [0.2, 0.25) is 0 Å². The Morgan fingerprint density at radius 2 is 2.20 bits per heavy atom. The van der Waals surface area contributed by atoms with Gasteiger partial charge in [0.2, 0.25) is 5.91 Å². The fourth-order valence-corrected chi connectivity index (χ4v) is 2.01. The third-order valence-electron chi connectivity index (χ3n) is 3.17. The van der Waals surface area contributed by atoms with Gasteiger partial charge in [-0.25, -0.2) is 0 Å². The number of amides is 1. The Kier molecular flexibility index (Phi) is 4.54. The molecule has 88 valence electrons. The maximum Gasteiger partial charge on any atom is 0.239 e. The summed E-state index contributed by atoms with van der Waals surface area (Å²) in [5.74, 6) is 0.695. The van der Waals surface area contributed by atoms with E-state index in [-0.39, 0.29) is 11.9 Å². The molecule has 0 saturated carbocycles. The molecule has 1 saturated heterocycles. The molecule has 1 aliphatic rings. The minimum Gasteiger partial charge on any atom is -0.344 e. The van der Waals surface area contributed by atoms with Crippen LogP contribution in [0.1, 0.15) is 20.3 Å². The van der Waals surface area contributed by atoms with Gasteiger partial charge < -0.3 is 10.6 Å². The number of nitrogens with two attached hydrogens (primary N) is 1. The molecule has 2 atom stereocenters. The molecule has 1 aliphatic heterocycles. The largest absolute Gasteiger partial charge is 0.344 e. The van der Waals surface area contributed by atoms with Gasteiger partial charge >= 0.3 is 0 Å². The maximum atomic E-state index is 11.9. The average Bonchev–Trinajstić information content (AvgIpc) is 2.34. The SMILES string of the molecule is CC(CN)CN1CCCN(C)C(=O)C1C. The first-order valence-electron chi connectivity index (χ1n) is 5.75. The maximum absolute atomic E-state index is 11.9. The quantitative estimate of drug-likeness (QED) is 0.725. The molecular formula is C11H23N3O. The van der Waals surface area contributed by atoms with Crippen molar-refractivity contribution in [3.63, 3.8) is 0 Å². The van der Waals surface area contributed by atoms with Crippen molar-refractivity contribution in [2.75, 3.05) is 33.2 Å². The minimum absolute atomic E-state index is 0.00602. The zero-order valence-electron chi connectivity index (χ0n) is 10.1. The molecule has 0 aromatic heterocycles. The van der Waals surface area contributed by atoms with Gasteiger partial charge in [-0.15, -0.1) is 0 Å². The number of carbonyl (C=O) groups is 1. The molecule has 0 bridgehead atoms. The monoisotopic (exact) mass is 213 g/mol. The van der Waals surface area contributed by atoms with Crippen molar-refractivity contribution in [3.05, 3.63) is 0 Å². The molecule has 0 aromatic carbocycles. The first-order valence-corrected chi connectivity index (χ1v) is 5.75. The van der Waals surface area contributed by atoms with Crippen LogP contribution in [0.4, 0.5) is 0 Å². The molecule has 0 radical (unpaired) electrons. The van der Waals surface area contributed by atoms with Gasteiger partial charge in [0.1, 0.15) is 0 Å². The van der Waals surface area contributed by atoms with Gasteiger partial charge in [-0.1, -0.05) is 6.92 Å². The summed E-state index contributed by atoms with van der Waals surface area (Å²) < 4.78 is 0. The summed E-state index contributed by atoms with van der Waals surface area (Å²) in [6.07, 6.45) is 1.06. The topological polar surface area (TPSA) is 49.6 Å². The molecule has 0 spiro atoms. The van der Waals surface area contributed by atoms with Crippen molar-refractivity contribution < 1.29 is 4.79 Å². The second-order valence-corrected chi connectivity index (χ2v) is 4.63. The normalized spacial score (nSPS) is 26.5. The molecule has 0 aliphatic carbocycles. The van der Waals surface area contributed by atoms with Crippen LogP contribution in [0.5, 0.6) is 0 Å². The number of rotatable bonds is 3. The average molecular weight is 213 g/mol. The van der Waals surface area contributed by atoms with E-state index in [9.17, 15) is 4.79 Å². The summed E-state index contributed by atoms with van der Waals surface area (Å²) in [7, 11) is 1.88. The molecule has 2 N–H and O–H groups in total. The summed E-state index contributed by atoms with van der Waals surface area (Å²) in [6, 6.07) is 0.00602. The van der Waals surface area contributed by atoms with Crippen LogP contribution in [-0.4, -0.2) is 55.0 Å². The van der Waals surface area contributed by atoms with Gasteiger partial charge in [0, 0.05) is 26.7 Å². The molecule has 4 heteroatoms. The molecule has 1 rings (SSSR count). The van der Waals surface area contributed by atoms with E-state index in [0.29, 0.717) is 12.5 Å². The van der Waals surface area contributed by atoms with Crippen molar-refractivity contribution in [2.45, 2.75) is 26.3 Å². The lowest BCUT2D eigenvalue weighted by Crippen LogP contribution is -2.45. The van der Waals surface area contributed by atoms with Gasteiger partial charge in [-0.2, -0.15) is 0 Å². The Labute approximate surface area is 92.4 Å². The van der Waals surface area contributed by atoms with Crippen molar-refractivity contribution in [2.24, 2.45) is 11.7 Å². The Bertz CT molecular complexity index is 220. The standard InChI is InChI=1S/C11H23N3O/c1-9(7-12)8-14-6-4-5-13(3)11(15)10(14)2/h9-10H,4-8,12H2,1-3H3. The molecular weight excluding hydrogens is 190 g/mol. The number of carbonyl (C=O) groups excluding carboxylic acids is 1. The van der Waals surface area contributed by atoms with E-state index < -0.39 is 0 Å². The zero-order chi connectivity index (χ0) is 11.4. The highest BCUT2D eigenvalue weighted by Gasteiger charge is 2.27. The van der Waals surface area contributed by atoms with Crippen LogP contribution in [0.15, 0.2) is 0 Å². The van der Waals surface area contributed by atoms with Crippen molar-refractivity contribution in [1.29, 1.82) is 0 Å². The summed E-state index contributed by atoms with van der Waals surface area (Å²) in [5.41, 5.74) is 5.61. The predicted octanol–water partition coefficient (Wildman–Crippen LogP) is 0.134. The van der Waals surface area contributed by atoms with Gasteiger partial charge in [0.15, 0.2) is 0 Å². The van der Waals surface area contributed by atoms with Crippen LogP contribution >= 0.6 is 0 Å². The molecule has 4 nitrogen and oxygen atoms in total. The second-order valence-electron chi connectivity index (χ2n) is 4.63. The fraction of sp³-hybridized carbons (Fsp3) is 0.909. The van der Waals surface area contributed by atoms with Crippen molar-refractivity contribution in [1.82, 2.24) is 9.80 Å². The highest BCUT2D eigenvalue weighted by Crippen LogP contribution is 2.11. The number of likely N-dealkylation sites (N-methyl/N-ethyl adjacent to an activating group) is 1. The Hall–Kier alpha value is -0.610. The van der Waals surface area contributed by atoms with E-state index in [0.717, 1.165) is 26.1 Å². The first-order chi connectivity index (χ1) is 7.06.